The van der Waals surface area contributed by atoms with Crippen LogP contribution < -0.4 is 14.8 Å². The number of hydrogen-bond acceptors (Lipinski definition) is 4. The summed E-state index contributed by atoms with van der Waals surface area (Å²) in [5.41, 5.74) is 2.34. The molecule has 0 aliphatic heterocycles. The minimum absolute atomic E-state index is 0.114. The molecule has 1 atom stereocenters. The van der Waals surface area contributed by atoms with Gasteiger partial charge in [-0.15, -0.1) is 0 Å². The first-order valence-corrected chi connectivity index (χ1v) is 6.55. The minimum Gasteiger partial charge on any atom is -0.496 e. The van der Waals surface area contributed by atoms with Crippen molar-refractivity contribution in [3.05, 3.63) is 22.8 Å². The molecule has 2 rings (SSSR count). The zero-order valence-electron chi connectivity index (χ0n) is 12.2. The topological polar surface area (TPSA) is 64.6 Å². The highest BCUT2D eigenvalue weighted by molar-refractivity contribution is 6.06. The van der Waals surface area contributed by atoms with Crippen molar-refractivity contribution in [2.75, 3.05) is 14.2 Å². The zero-order valence-corrected chi connectivity index (χ0v) is 12.2. The van der Waals surface area contributed by atoms with Gasteiger partial charge in [0.25, 0.3) is 0 Å². The molecule has 1 N–H and O–H groups in total. The molecule has 1 aliphatic carbocycles. The van der Waals surface area contributed by atoms with Gasteiger partial charge in [0.2, 0.25) is 5.91 Å². The first-order chi connectivity index (χ1) is 9.49. The first kappa shape index (κ1) is 14.4. The van der Waals surface area contributed by atoms with Crippen molar-refractivity contribution in [1.82, 2.24) is 5.32 Å². The molecule has 0 radical (unpaired) electrons. The fourth-order valence-corrected chi connectivity index (χ4v) is 2.77. The van der Waals surface area contributed by atoms with Crippen LogP contribution >= 0.6 is 0 Å². The summed E-state index contributed by atoms with van der Waals surface area (Å²) in [7, 11) is 3.14. The average Bonchev–Trinajstić information content (AvgIpc) is 2.40. The van der Waals surface area contributed by atoms with Crippen LogP contribution in [0.25, 0.3) is 0 Å². The normalized spacial score (nSPS) is 17.4. The van der Waals surface area contributed by atoms with Crippen LogP contribution in [0, 0.1) is 6.92 Å². The summed E-state index contributed by atoms with van der Waals surface area (Å²) in [5, 5.41) is 2.69. The molecule has 0 saturated carbocycles. The smallest absolute Gasteiger partial charge is 0.217 e. The summed E-state index contributed by atoms with van der Waals surface area (Å²) in [4.78, 5) is 23.7. The number of fused-ring (bicyclic) bond motifs is 1. The second-order valence-corrected chi connectivity index (χ2v) is 4.94. The van der Waals surface area contributed by atoms with Crippen LogP contribution in [0.1, 0.15) is 34.8 Å². The van der Waals surface area contributed by atoms with Crippen LogP contribution in [-0.2, 0) is 11.2 Å². The lowest BCUT2D eigenvalue weighted by molar-refractivity contribution is -0.119. The van der Waals surface area contributed by atoms with Crippen molar-refractivity contribution in [3.8, 4) is 11.5 Å². The van der Waals surface area contributed by atoms with Crippen molar-refractivity contribution >= 4 is 11.7 Å². The van der Waals surface area contributed by atoms with Crippen molar-refractivity contribution in [2.45, 2.75) is 32.7 Å². The van der Waals surface area contributed by atoms with E-state index < -0.39 is 6.04 Å². The van der Waals surface area contributed by atoms with Crippen molar-refractivity contribution in [3.63, 3.8) is 0 Å². The van der Waals surface area contributed by atoms with Crippen molar-refractivity contribution in [2.24, 2.45) is 0 Å². The first-order valence-electron chi connectivity index (χ1n) is 6.55. The molecular formula is C15H19NO4. The van der Waals surface area contributed by atoms with Gasteiger partial charge in [-0.2, -0.15) is 0 Å². The molecule has 5 heteroatoms. The third-order valence-electron chi connectivity index (χ3n) is 3.58. The number of methoxy groups -OCH3 is 2. The lowest BCUT2D eigenvalue weighted by Gasteiger charge is -2.27. The van der Waals surface area contributed by atoms with Crippen LogP contribution in [0.3, 0.4) is 0 Å². The summed E-state index contributed by atoms with van der Waals surface area (Å²) in [5.74, 6) is 0.954. The molecule has 5 nitrogen and oxygen atoms in total. The number of carbonyl (C=O) groups is 2. The molecule has 0 saturated heterocycles. The third kappa shape index (κ3) is 2.35. The number of Topliss-reactive ketones (excluding diaryl/α,β-unsaturated/α-hetero) is 1. The Morgan fingerprint density at radius 3 is 2.60 bits per heavy atom. The van der Waals surface area contributed by atoms with E-state index in [-0.39, 0.29) is 11.7 Å². The van der Waals surface area contributed by atoms with E-state index in [0.717, 1.165) is 16.9 Å². The second-order valence-electron chi connectivity index (χ2n) is 4.94. The number of aryl methyl sites for hydroxylation is 1. The maximum atomic E-state index is 12.6. The average molecular weight is 277 g/mol. The monoisotopic (exact) mass is 277 g/mol. The van der Waals surface area contributed by atoms with E-state index >= 15 is 0 Å². The lowest BCUT2D eigenvalue weighted by atomic mass is 9.84. The van der Waals surface area contributed by atoms with Gasteiger partial charge in [-0.3, -0.25) is 9.59 Å². The Bertz CT molecular complexity index is 565. The number of carbonyl (C=O) groups excluding carboxylic acids is 2. The Balaban J connectivity index is 2.53. The minimum atomic E-state index is -0.485. The van der Waals surface area contributed by atoms with E-state index in [1.54, 1.807) is 13.2 Å². The molecule has 0 aromatic heterocycles. The van der Waals surface area contributed by atoms with Gasteiger partial charge in [0.1, 0.15) is 11.5 Å². The quantitative estimate of drug-likeness (QED) is 0.912. The SMILES string of the molecule is COc1cc(C)c(OC)c2c1C(=O)C(NC(C)=O)CC2. The van der Waals surface area contributed by atoms with Gasteiger partial charge in [-0.25, -0.2) is 0 Å². The number of benzene rings is 1. The zero-order chi connectivity index (χ0) is 14.9. The summed E-state index contributed by atoms with van der Waals surface area (Å²) < 4.78 is 10.7. The number of ketones is 1. The highest BCUT2D eigenvalue weighted by Gasteiger charge is 2.33. The van der Waals surface area contributed by atoms with Crippen LogP contribution in [-0.4, -0.2) is 32.0 Å². The molecular weight excluding hydrogens is 258 g/mol. The third-order valence-corrected chi connectivity index (χ3v) is 3.58. The number of amides is 1. The summed E-state index contributed by atoms with van der Waals surface area (Å²) in [6, 6.07) is 1.31. The van der Waals surface area contributed by atoms with Gasteiger partial charge in [-0.1, -0.05) is 0 Å². The standard InChI is InChI=1S/C15H19NO4/c1-8-7-12(19-3)13-10(15(8)20-4)5-6-11(14(13)18)16-9(2)17/h7,11H,5-6H2,1-4H3,(H,16,17). The molecule has 1 amide bonds. The maximum absolute atomic E-state index is 12.6. The summed E-state index contributed by atoms with van der Waals surface area (Å²) >= 11 is 0. The molecule has 20 heavy (non-hydrogen) atoms. The van der Waals surface area contributed by atoms with Gasteiger partial charge in [-0.05, 0) is 31.4 Å². The Morgan fingerprint density at radius 2 is 2.05 bits per heavy atom. The van der Waals surface area contributed by atoms with E-state index in [2.05, 4.69) is 5.32 Å². The molecule has 1 aromatic carbocycles. The molecule has 1 unspecified atom stereocenters. The molecule has 108 valence electrons. The summed E-state index contributed by atoms with van der Waals surface area (Å²) in [6.45, 7) is 3.34. The number of rotatable bonds is 3. The molecule has 0 spiro atoms. The van der Waals surface area contributed by atoms with E-state index in [4.69, 9.17) is 9.47 Å². The van der Waals surface area contributed by atoms with E-state index in [9.17, 15) is 9.59 Å². The molecule has 1 aliphatic rings. The molecule has 0 heterocycles. The van der Waals surface area contributed by atoms with Crippen LogP contribution in [0.4, 0.5) is 0 Å². The van der Waals surface area contributed by atoms with E-state index in [1.165, 1.54) is 14.0 Å². The number of ether oxygens (including phenoxy) is 2. The van der Waals surface area contributed by atoms with Gasteiger partial charge in [0.05, 0.1) is 25.8 Å². The van der Waals surface area contributed by atoms with Crippen LogP contribution in [0.5, 0.6) is 11.5 Å². The fourth-order valence-electron chi connectivity index (χ4n) is 2.77. The largest absolute Gasteiger partial charge is 0.496 e. The van der Waals surface area contributed by atoms with Gasteiger partial charge in [0.15, 0.2) is 5.78 Å². The molecule has 1 aromatic rings. The summed E-state index contributed by atoms with van der Waals surface area (Å²) in [6.07, 6.45) is 1.25. The predicted molar refractivity (Wildman–Crippen MR) is 74.5 cm³/mol. The van der Waals surface area contributed by atoms with Crippen molar-refractivity contribution < 1.29 is 19.1 Å². The predicted octanol–water partition coefficient (Wildman–Crippen LogP) is 1.65. The fraction of sp³-hybridized carbons (Fsp3) is 0.467. The molecule has 0 fully saturated rings. The number of hydrogen-bond donors (Lipinski definition) is 1. The Kier molecular flexibility index (Phi) is 3.97. The Hall–Kier alpha value is -2.04. The van der Waals surface area contributed by atoms with Crippen LogP contribution in [0.2, 0.25) is 0 Å². The lowest BCUT2D eigenvalue weighted by Crippen LogP contribution is -2.42. The van der Waals surface area contributed by atoms with E-state index in [0.29, 0.717) is 24.2 Å². The highest BCUT2D eigenvalue weighted by Crippen LogP contribution is 2.38. The maximum Gasteiger partial charge on any atom is 0.217 e. The van der Waals surface area contributed by atoms with E-state index in [1.807, 2.05) is 6.92 Å². The molecule has 0 bridgehead atoms. The van der Waals surface area contributed by atoms with Gasteiger partial charge < -0.3 is 14.8 Å². The van der Waals surface area contributed by atoms with Gasteiger partial charge >= 0.3 is 0 Å². The Morgan fingerprint density at radius 1 is 1.35 bits per heavy atom. The van der Waals surface area contributed by atoms with Crippen LogP contribution in [0.15, 0.2) is 6.07 Å². The highest BCUT2D eigenvalue weighted by atomic mass is 16.5. The second kappa shape index (κ2) is 5.53. The van der Waals surface area contributed by atoms with Crippen molar-refractivity contribution in [1.29, 1.82) is 0 Å². The Labute approximate surface area is 118 Å². The van der Waals surface area contributed by atoms with Gasteiger partial charge in [0, 0.05) is 12.5 Å². The number of nitrogens with one attached hydrogen (secondary N) is 1.